The summed E-state index contributed by atoms with van der Waals surface area (Å²) in [5.74, 6) is -8.19. The van der Waals surface area contributed by atoms with Crippen molar-refractivity contribution in [3.8, 4) is 0 Å². The minimum absolute atomic E-state index is 0.00359. The van der Waals surface area contributed by atoms with Crippen molar-refractivity contribution < 1.29 is 115 Å². The standard InChI is InChI=1S/C90H82O24Si/c1-90(2,3)115(65-50-30-12-31-51-65,66-52-32-13-33-53-66)103-56-69-72(108-82(95)60-40-20-7-21-41-60)76(114-88-74(109-83(96)61-42-22-8-23-43-61)70(91)71(107-81(94)59-38-18-6-19-39-59)67(105-88)54-101-79(92)57-34-14-4-15-35-57)78(112-86(99)64-48-28-11-29-49-64)89(106-69)113-73-68(55-102-80(93)58-36-16-5-17-37-58)104-87(100)77(111-85(98)63-46-26-10-27-47-63)75(73)110-84(97)62-44-24-9-25-45-62/h4-53,67-78,87-89,91,100H,54-56H2,1-3H3/t67-,68-,69-,70+,71+,72+,73-,74-,75+,76+,77+,78-,87+,88+,89+/m1/s1. The third kappa shape index (κ3) is 19.4. The van der Waals surface area contributed by atoms with Gasteiger partial charge in [0.1, 0.15) is 49.8 Å². The lowest BCUT2D eigenvalue weighted by molar-refractivity contribution is -0.375. The largest absolute Gasteiger partial charge is 0.459 e. The molecule has 0 amide bonds. The fourth-order valence-corrected chi connectivity index (χ4v) is 18.5. The first kappa shape index (κ1) is 80.9. The Morgan fingerprint density at radius 2 is 0.548 bits per heavy atom. The van der Waals surface area contributed by atoms with E-state index in [2.05, 4.69) is 0 Å². The van der Waals surface area contributed by atoms with Gasteiger partial charge < -0.3 is 76.2 Å². The highest BCUT2D eigenvalue weighted by Crippen LogP contribution is 2.42. The summed E-state index contributed by atoms with van der Waals surface area (Å²) >= 11 is 0. The second kappa shape index (κ2) is 37.7. The highest BCUT2D eigenvalue weighted by atomic mass is 28.4. The van der Waals surface area contributed by atoms with Crippen molar-refractivity contribution in [1.82, 2.24) is 0 Å². The summed E-state index contributed by atoms with van der Waals surface area (Å²) < 4.78 is 93.7. The topological polar surface area (TPSA) is 306 Å². The molecule has 3 aliphatic heterocycles. The predicted octanol–water partition coefficient (Wildman–Crippen LogP) is 10.9. The molecule has 0 saturated carbocycles. The highest BCUT2D eigenvalue weighted by molar-refractivity contribution is 6.99. The lowest BCUT2D eigenvalue weighted by Crippen LogP contribution is -2.70. The van der Waals surface area contributed by atoms with Gasteiger partial charge in [-0.05, 0) is 112 Å². The average Bonchev–Trinajstić information content (AvgIpc) is 0.742. The quantitative estimate of drug-likeness (QED) is 0.0274. The number of aliphatic hydroxyl groups excluding tert-OH is 2. The zero-order valence-electron chi connectivity index (χ0n) is 62.5. The van der Waals surface area contributed by atoms with E-state index >= 15 is 9.59 Å². The molecule has 2 N–H and O–H groups in total. The van der Waals surface area contributed by atoms with Gasteiger partial charge in [-0.1, -0.05) is 227 Å². The highest BCUT2D eigenvalue weighted by Gasteiger charge is 2.61. The van der Waals surface area contributed by atoms with E-state index in [1.165, 1.54) is 97.1 Å². The molecule has 115 heavy (non-hydrogen) atoms. The van der Waals surface area contributed by atoms with E-state index in [1.54, 1.807) is 146 Å². The van der Waals surface area contributed by atoms with Gasteiger partial charge in [0.25, 0.3) is 8.32 Å². The van der Waals surface area contributed by atoms with Gasteiger partial charge in [-0.15, -0.1) is 0 Å². The molecule has 24 nitrogen and oxygen atoms in total. The second-order valence-corrected chi connectivity index (χ2v) is 32.5. The van der Waals surface area contributed by atoms with Crippen LogP contribution < -0.4 is 10.4 Å². The lowest BCUT2D eigenvalue weighted by atomic mass is 9.95. The molecule has 10 aromatic rings. The Morgan fingerprint density at radius 3 is 0.896 bits per heavy atom. The number of hydrogen-bond donors (Lipinski definition) is 2. The summed E-state index contributed by atoms with van der Waals surface area (Å²) in [6.45, 7) is 3.73. The maximum Gasteiger partial charge on any atom is 0.338 e. The minimum Gasteiger partial charge on any atom is -0.459 e. The summed E-state index contributed by atoms with van der Waals surface area (Å²) in [6, 6.07) is 80.3. The average molecular weight is 1580 g/mol. The van der Waals surface area contributed by atoms with Gasteiger partial charge in [-0.2, -0.15) is 0 Å². The smallest absolute Gasteiger partial charge is 0.338 e. The molecule has 0 unspecified atom stereocenters. The van der Waals surface area contributed by atoms with Crippen LogP contribution in [0.15, 0.2) is 303 Å². The third-order valence-corrected chi connectivity index (χ3v) is 24.6. The molecule has 0 spiro atoms. The van der Waals surface area contributed by atoms with Gasteiger partial charge in [0, 0.05) is 0 Å². The number of ether oxygens (including phenoxy) is 13. The first-order chi connectivity index (χ1) is 55.8. The summed E-state index contributed by atoms with van der Waals surface area (Å²) in [5, 5.41) is 26.5. The Morgan fingerprint density at radius 1 is 0.287 bits per heavy atom. The van der Waals surface area contributed by atoms with Crippen LogP contribution in [0.1, 0.15) is 104 Å². The van der Waals surface area contributed by atoms with E-state index in [9.17, 15) is 39.0 Å². The number of rotatable bonds is 27. The van der Waals surface area contributed by atoms with Crippen LogP contribution in [0, 0.1) is 0 Å². The van der Waals surface area contributed by atoms with Gasteiger partial charge in [0.15, 0.2) is 55.5 Å². The molecule has 0 bridgehead atoms. The molecule has 3 heterocycles. The normalized spacial score (nSPS) is 23.3. The molecular formula is C90H82O24Si. The van der Waals surface area contributed by atoms with Gasteiger partial charge >= 0.3 is 47.8 Å². The van der Waals surface area contributed by atoms with Gasteiger partial charge in [-0.25, -0.2) is 38.4 Å². The van der Waals surface area contributed by atoms with Gasteiger partial charge in [-0.3, -0.25) is 0 Å². The first-order valence-electron chi connectivity index (χ1n) is 37.2. The Kier molecular flexibility index (Phi) is 26.5. The van der Waals surface area contributed by atoms with Gasteiger partial charge in [0.2, 0.25) is 0 Å². The molecule has 3 saturated heterocycles. The first-order valence-corrected chi connectivity index (χ1v) is 39.1. The van der Waals surface area contributed by atoms with E-state index < -0.39 is 173 Å². The molecule has 25 heteroatoms. The number of carbonyl (C=O) groups excluding carboxylic acids is 8. The molecule has 590 valence electrons. The fourth-order valence-electron chi connectivity index (χ4n) is 13.9. The van der Waals surface area contributed by atoms with Crippen LogP contribution >= 0.6 is 0 Å². The van der Waals surface area contributed by atoms with Crippen molar-refractivity contribution in [3.63, 3.8) is 0 Å². The summed E-state index contributed by atoms with van der Waals surface area (Å²) in [7, 11) is -3.82. The molecule has 13 rings (SSSR count). The van der Waals surface area contributed by atoms with E-state index in [1.807, 2.05) is 81.4 Å². The van der Waals surface area contributed by atoms with Crippen molar-refractivity contribution >= 4 is 66.4 Å². The molecule has 0 aromatic heterocycles. The predicted molar refractivity (Wildman–Crippen MR) is 415 cm³/mol. The van der Waals surface area contributed by atoms with E-state index in [4.69, 9.17) is 66.0 Å². The van der Waals surface area contributed by atoms with Crippen molar-refractivity contribution in [2.24, 2.45) is 0 Å². The van der Waals surface area contributed by atoms with Crippen LogP contribution in [-0.4, -0.2) is 178 Å². The SMILES string of the molecule is CC(C)(C)[Si](OC[C@H]1O[C@@H](O[C@H]2[C@H](OC(=O)c3ccccc3)[C@H](OC(=O)c3ccccc3)[C@@H](O)O[C@@H]2COC(=O)c2ccccc2)[C@H](OC(=O)c2ccccc2)[C@@H](O[C@@H]2O[C@H](COC(=O)c3ccccc3)[C@H](OC(=O)c3ccccc3)[C@H](O)[C@H]2OC(=O)c2ccccc2)[C@H]1OC(=O)c1ccccc1)(c1ccccc1)c1ccccc1. The van der Waals surface area contributed by atoms with Crippen molar-refractivity contribution in [2.75, 3.05) is 19.8 Å². The van der Waals surface area contributed by atoms with Crippen LogP contribution in [0.5, 0.6) is 0 Å². The second-order valence-electron chi connectivity index (χ2n) is 28.2. The lowest BCUT2D eigenvalue weighted by Gasteiger charge is -2.51. The Hall–Kier alpha value is -12.1. The summed E-state index contributed by atoms with van der Waals surface area (Å²) in [4.78, 5) is 118. The van der Waals surface area contributed by atoms with Crippen LogP contribution in [0.25, 0.3) is 0 Å². The Balaban J connectivity index is 1.03. The van der Waals surface area contributed by atoms with Crippen molar-refractivity contribution in [1.29, 1.82) is 0 Å². The summed E-state index contributed by atoms with van der Waals surface area (Å²) in [6.07, 6.45) is -31.0. The third-order valence-electron chi connectivity index (χ3n) is 19.6. The fraction of sp³-hybridized carbons (Fsp3) is 0.244. The van der Waals surface area contributed by atoms with Crippen LogP contribution in [0.3, 0.4) is 0 Å². The molecular weight excluding hydrogens is 1490 g/mol. The molecule has 10 aromatic carbocycles. The number of hydrogen-bond acceptors (Lipinski definition) is 24. The Bertz CT molecular complexity index is 4840. The molecule has 0 radical (unpaired) electrons. The van der Waals surface area contributed by atoms with Gasteiger partial charge in [0.05, 0.1) is 51.1 Å². The van der Waals surface area contributed by atoms with Crippen molar-refractivity contribution in [2.45, 2.75) is 118 Å². The van der Waals surface area contributed by atoms with Crippen LogP contribution in [0.2, 0.25) is 5.04 Å². The number of aliphatic hydroxyl groups is 2. The zero-order chi connectivity index (χ0) is 80.4. The molecule has 0 aliphatic carbocycles. The maximum atomic E-state index is 15.6. The van der Waals surface area contributed by atoms with E-state index in [-0.39, 0.29) is 44.5 Å². The number of benzene rings is 10. The number of carbonyl (C=O) groups is 8. The van der Waals surface area contributed by atoms with Crippen molar-refractivity contribution in [3.05, 3.63) is 348 Å². The molecule has 3 fully saturated rings. The monoisotopic (exact) mass is 1570 g/mol. The van der Waals surface area contributed by atoms with E-state index in [0.717, 1.165) is 10.4 Å². The molecule has 15 atom stereocenters. The van der Waals surface area contributed by atoms with E-state index in [0.29, 0.717) is 0 Å². The minimum atomic E-state index is -3.82. The zero-order valence-corrected chi connectivity index (χ0v) is 63.5. The van der Waals surface area contributed by atoms with Crippen LogP contribution in [-0.2, 0) is 66.0 Å². The molecule has 3 aliphatic rings. The summed E-state index contributed by atoms with van der Waals surface area (Å²) in [5.41, 5.74) is -0.115. The Labute approximate surface area is 663 Å². The maximum absolute atomic E-state index is 15.6. The van der Waals surface area contributed by atoms with Crippen LogP contribution in [0.4, 0.5) is 0 Å². The number of esters is 8.